The van der Waals surface area contributed by atoms with Gasteiger partial charge in [0.25, 0.3) is 0 Å². The van der Waals surface area contributed by atoms with Crippen LogP contribution in [0.1, 0.15) is 45.9 Å². The first-order valence-electron chi connectivity index (χ1n) is 20.2. The molecule has 2 heterocycles. The van der Waals surface area contributed by atoms with Crippen LogP contribution in [0.4, 0.5) is 0 Å². The Bertz CT molecular complexity index is 2920. The lowest BCUT2D eigenvalue weighted by molar-refractivity contribution is 0.729. The molecule has 7 aromatic carbocycles. The van der Waals surface area contributed by atoms with Gasteiger partial charge in [-0.3, -0.25) is 9.98 Å². The average molecular weight is 763 g/mol. The summed E-state index contributed by atoms with van der Waals surface area (Å²) in [5, 5.41) is 6.19. The zero-order valence-corrected chi connectivity index (χ0v) is 33.7. The van der Waals surface area contributed by atoms with Gasteiger partial charge >= 0.3 is 0 Å². The Kier molecular flexibility index (Phi) is 10.1. The van der Waals surface area contributed by atoms with Crippen molar-refractivity contribution in [1.29, 1.82) is 0 Å². The summed E-state index contributed by atoms with van der Waals surface area (Å²) < 4.78 is 2.50. The average Bonchev–Trinajstić information content (AvgIpc) is 3.63. The second kappa shape index (κ2) is 15.9. The van der Waals surface area contributed by atoms with Crippen molar-refractivity contribution in [3.63, 3.8) is 0 Å². The number of aromatic nitrogens is 1. The van der Waals surface area contributed by atoms with E-state index in [1.54, 1.807) is 0 Å². The van der Waals surface area contributed by atoms with E-state index in [2.05, 4.69) is 199 Å². The van der Waals surface area contributed by atoms with Crippen LogP contribution < -0.4 is 5.32 Å². The number of amidine groups is 2. The standard InChI is InChI=1S/C55H46N4/c1-5-7-21-39(6-2)37-57-54(58-53(56-4)41-24-19-20-38(3)35-41)42-31-34-50-48(36-42)55(43-25-13-9-14-26-43,44-27-15-10-16-28-44)51-45(40-22-11-8-12-23-40)32-33-47-46-29-17-18-30-49(46)59(50)52(47)51/h5-36H,2,37H2,1,3-4H3,(H,56,57,58)/b7-5-,39-21+. The van der Waals surface area contributed by atoms with Crippen molar-refractivity contribution in [3.8, 4) is 16.8 Å². The van der Waals surface area contributed by atoms with Gasteiger partial charge < -0.3 is 9.88 Å². The molecular formula is C55H46N4. The topological polar surface area (TPSA) is 41.7 Å². The van der Waals surface area contributed by atoms with Gasteiger partial charge in [-0.1, -0.05) is 176 Å². The van der Waals surface area contributed by atoms with Crippen molar-refractivity contribution >= 4 is 33.5 Å². The first kappa shape index (κ1) is 37.3. The van der Waals surface area contributed by atoms with Gasteiger partial charge in [0.1, 0.15) is 11.7 Å². The number of nitrogens with one attached hydrogen (secondary N) is 1. The number of fused-ring (bicyclic) bond motifs is 5. The highest BCUT2D eigenvalue weighted by atomic mass is 15.1. The molecule has 0 aliphatic carbocycles. The maximum Gasteiger partial charge on any atom is 0.134 e. The molecule has 0 atom stereocenters. The second-order valence-electron chi connectivity index (χ2n) is 15.0. The van der Waals surface area contributed by atoms with Crippen LogP contribution in [0.25, 0.3) is 38.6 Å². The van der Waals surface area contributed by atoms with E-state index in [1.807, 2.05) is 32.2 Å². The lowest BCUT2D eigenvalue weighted by Crippen LogP contribution is -2.37. The minimum Gasteiger partial charge on any atom is -0.325 e. The molecule has 1 N–H and O–H groups in total. The molecule has 0 saturated carbocycles. The fourth-order valence-corrected chi connectivity index (χ4v) is 8.94. The number of aliphatic imine (C=N–C) groups is 2. The number of nitrogens with zero attached hydrogens (tertiary/aromatic N) is 3. The minimum absolute atomic E-state index is 0.435. The van der Waals surface area contributed by atoms with Gasteiger partial charge in [-0.05, 0) is 77.6 Å². The van der Waals surface area contributed by atoms with Gasteiger partial charge in [0.2, 0.25) is 0 Å². The normalized spacial score (nSPS) is 13.8. The molecule has 0 fully saturated rings. The van der Waals surface area contributed by atoms with Crippen molar-refractivity contribution in [2.75, 3.05) is 13.6 Å². The van der Waals surface area contributed by atoms with Gasteiger partial charge in [-0.25, -0.2) is 0 Å². The summed E-state index contributed by atoms with van der Waals surface area (Å²) >= 11 is 0. The number of aryl methyl sites for hydroxylation is 1. The van der Waals surface area contributed by atoms with Gasteiger partial charge in [0, 0.05) is 34.5 Å². The monoisotopic (exact) mass is 762 g/mol. The van der Waals surface area contributed by atoms with Gasteiger partial charge in [-0.15, -0.1) is 0 Å². The molecule has 9 rings (SSSR count). The Labute approximate surface area is 347 Å². The molecule has 1 aliphatic heterocycles. The summed E-state index contributed by atoms with van der Waals surface area (Å²) in [6, 6.07) is 61.7. The maximum atomic E-state index is 5.33. The lowest BCUT2D eigenvalue weighted by atomic mass is 9.61. The van der Waals surface area contributed by atoms with Crippen LogP contribution in [-0.4, -0.2) is 29.8 Å². The Morgan fingerprint density at radius 1 is 0.695 bits per heavy atom. The van der Waals surface area contributed by atoms with E-state index in [0.717, 1.165) is 39.6 Å². The number of hydrogen-bond donors (Lipinski definition) is 1. The number of hydrogen-bond acceptors (Lipinski definition) is 2. The van der Waals surface area contributed by atoms with Crippen molar-refractivity contribution in [2.24, 2.45) is 9.98 Å². The van der Waals surface area contributed by atoms with Gasteiger partial charge in [0.05, 0.1) is 28.7 Å². The van der Waals surface area contributed by atoms with Crippen LogP contribution in [-0.2, 0) is 5.41 Å². The molecule has 286 valence electrons. The smallest absolute Gasteiger partial charge is 0.134 e. The third kappa shape index (κ3) is 6.43. The largest absolute Gasteiger partial charge is 0.325 e. The van der Waals surface area contributed by atoms with E-state index in [1.165, 1.54) is 55.2 Å². The van der Waals surface area contributed by atoms with Crippen LogP contribution >= 0.6 is 0 Å². The van der Waals surface area contributed by atoms with Crippen molar-refractivity contribution in [1.82, 2.24) is 9.88 Å². The molecule has 0 spiro atoms. The van der Waals surface area contributed by atoms with Gasteiger partial charge in [0.15, 0.2) is 0 Å². The second-order valence-corrected chi connectivity index (χ2v) is 15.0. The van der Waals surface area contributed by atoms with Crippen LogP contribution in [0.15, 0.2) is 216 Å². The number of benzene rings is 7. The van der Waals surface area contributed by atoms with E-state index < -0.39 is 5.41 Å². The van der Waals surface area contributed by atoms with Gasteiger partial charge in [-0.2, -0.15) is 0 Å². The molecule has 0 amide bonds. The summed E-state index contributed by atoms with van der Waals surface area (Å²) in [5.41, 5.74) is 14.1. The summed E-state index contributed by atoms with van der Waals surface area (Å²) in [6.07, 6.45) is 7.99. The highest BCUT2D eigenvalue weighted by Gasteiger charge is 2.47. The van der Waals surface area contributed by atoms with E-state index >= 15 is 0 Å². The van der Waals surface area contributed by atoms with E-state index in [9.17, 15) is 0 Å². The predicted octanol–water partition coefficient (Wildman–Crippen LogP) is 12.6. The maximum absolute atomic E-state index is 5.33. The SMILES string of the molecule is C=C/C(=C\C=C/C)CN=C(NC(=NC)c1cccc(C)c1)c1ccc2c(c1)C(c1ccccc1)(c1ccccc1)c1c(-c3ccccc3)ccc3c4ccccc4n-2c13. The molecule has 8 aromatic rings. The van der Waals surface area contributed by atoms with Crippen LogP contribution in [0.2, 0.25) is 0 Å². The third-order valence-electron chi connectivity index (χ3n) is 11.6. The molecule has 1 aliphatic rings. The van der Waals surface area contributed by atoms with Crippen LogP contribution in [0.5, 0.6) is 0 Å². The summed E-state index contributed by atoms with van der Waals surface area (Å²) in [7, 11) is 1.83. The molecule has 0 bridgehead atoms. The molecular weight excluding hydrogens is 717 g/mol. The van der Waals surface area contributed by atoms with Crippen LogP contribution in [0.3, 0.4) is 0 Å². The Morgan fingerprint density at radius 3 is 2.05 bits per heavy atom. The molecule has 0 saturated heterocycles. The van der Waals surface area contributed by atoms with E-state index in [4.69, 9.17) is 9.98 Å². The molecule has 59 heavy (non-hydrogen) atoms. The summed E-state index contributed by atoms with van der Waals surface area (Å²) in [6.45, 7) is 8.67. The first-order chi connectivity index (χ1) is 29.1. The van der Waals surface area contributed by atoms with Crippen LogP contribution in [0, 0.1) is 6.92 Å². The Balaban J connectivity index is 1.41. The molecule has 0 radical (unpaired) electrons. The molecule has 1 aromatic heterocycles. The quantitative estimate of drug-likeness (QED) is 0.0888. The fraction of sp³-hybridized carbons (Fsp3) is 0.0909. The number of para-hydroxylation sites is 1. The highest BCUT2D eigenvalue weighted by Crippen LogP contribution is 2.57. The zero-order valence-electron chi connectivity index (χ0n) is 33.7. The highest BCUT2D eigenvalue weighted by molar-refractivity contribution is 6.16. The fourth-order valence-electron chi connectivity index (χ4n) is 8.94. The predicted molar refractivity (Wildman–Crippen MR) is 249 cm³/mol. The van der Waals surface area contributed by atoms with Crippen molar-refractivity contribution < 1.29 is 0 Å². The van der Waals surface area contributed by atoms with Crippen molar-refractivity contribution in [2.45, 2.75) is 19.3 Å². The van der Waals surface area contributed by atoms with E-state index in [-0.39, 0.29) is 0 Å². The number of allylic oxidation sites excluding steroid dienone is 3. The zero-order chi connectivity index (χ0) is 40.3. The molecule has 4 heteroatoms. The van der Waals surface area contributed by atoms with E-state index in [0.29, 0.717) is 6.54 Å². The summed E-state index contributed by atoms with van der Waals surface area (Å²) in [5.74, 6) is 1.47. The third-order valence-corrected chi connectivity index (χ3v) is 11.6. The first-order valence-corrected chi connectivity index (χ1v) is 20.2. The number of rotatable bonds is 9. The Hall–Kier alpha value is -7.30. The summed E-state index contributed by atoms with van der Waals surface area (Å²) in [4.78, 5) is 10.1. The molecule has 4 nitrogen and oxygen atoms in total. The Morgan fingerprint density at radius 2 is 1.37 bits per heavy atom. The molecule has 0 unspecified atom stereocenters. The lowest BCUT2D eigenvalue weighted by Gasteiger charge is -2.43. The minimum atomic E-state index is -0.732. The van der Waals surface area contributed by atoms with Crippen molar-refractivity contribution in [3.05, 3.63) is 245 Å².